The molecule has 2 aliphatic heterocycles. The highest BCUT2D eigenvalue weighted by atomic mass is 16.7. The molecule has 0 saturated carbocycles. The quantitative estimate of drug-likeness (QED) is 0.0210. The van der Waals surface area contributed by atoms with Crippen LogP contribution in [0.1, 0.15) is 206 Å². The summed E-state index contributed by atoms with van der Waals surface area (Å²) in [5, 5.41) is 86.8. The minimum atomic E-state index is -1.79. The monoisotopic (exact) mass is 970 g/mol. The number of carbonyl (C=O) groups is 1. The number of unbranched alkanes of at least 4 members (excludes halogenated alkanes) is 25. The van der Waals surface area contributed by atoms with Gasteiger partial charge in [-0.1, -0.05) is 192 Å². The van der Waals surface area contributed by atoms with Gasteiger partial charge >= 0.3 is 0 Å². The third-order valence-electron chi connectivity index (χ3n) is 13.3. The Balaban J connectivity index is 1.84. The van der Waals surface area contributed by atoms with E-state index in [1.165, 1.54) is 128 Å². The lowest BCUT2D eigenvalue weighted by molar-refractivity contribution is -0.359. The van der Waals surface area contributed by atoms with Gasteiger partial charge in [0.1, 0.15) is 48.8 Å². The molecule has 2 saturated heterocycles. The predicted octanol–water partition coefficient (Wildman–Crippen LogP) is 7.88. The Hall–Kier alpha value is -1.79. The van der Waals surface area contributed by atoms with Crippen molar-refractivity contribution in [3.05, 3.63) is 36.5 Å². The van der Waals surface area contributed by atoms with Crippen LogP contribution < -0.4 is 5.32 Å². The van der Waals surface area contributed by atoms with Gasteiger partial charge in [0.25, 0.3) is 0 Å². The molecule has 9 N–H and O–H groups in total. The number of nitrogens with one attached hydrogen (secondary N) is 1. The summed E-state index contributed by atoms with van der Waals surface area (Å²) in [6, 6.07) is -0.934. The zero-order valence-electron chi connectivity index (χ0n) is 42.3. The van der Waals surface area contributed by atoms with Crippen molar-refractivity contribution in [2.75, 3.05) is 19.8 Å². The van der Waals surface area contributed by atoms with Crippen LogP contribution in [0, 0.1) is 0 Å². The van der Waals surface area contributed by atoms with Crippen molar-refractivity contribution in [3.63, 3.8) is 0 Å². The Bertz CT molecular complexity index is 1280. The van der Waals surface area contributed by atoms with Crippen molar-refractivity contribution >= 4 is 5.91 Å². The third kappa shape index (κ3) is 27.1. The van der Waals surface area contributed by atoms with Crippen LogP contribution in [-0.2, 0) is 23.7 Å². The van der Waals surface area contributed by atoms with E-state index in [0.29, 0.717) is 12.8 Å². The maximum absolute atomic E-state index is 13.2. The Labute approximate surface area is 411 Å². The van der Waals surface area contributed by atoms with Crippen LogP contribution in [-0.4, -0.2) is 140 Å². The summed E-state index contributed by atoms with van der Waals surface area (Å²) in [5.41, 5.74) is 0. The molecule has 0 radical (unpaired) electrons. The topological polar surface area (TPSA) is 228 Å². The molecule has 0 aromatic heterocycles. The molecule has 12 unspecified atom stereocenters. The Kier molecular flexibility index (Phi) is 37.4. The number of ether oxygens (including phenoxy) is 4. The number of carbonyl (C=O) groups excluding carboxylic acids is 1. The minimum Gasteiger partial charge on any atom is -0.394 e. The maximum Gasteiger partial charge on any atom is 0.220 e. The highest BCUT2D eigenvalue weighted by molar-refractivity contribution is 5.76. The van der Waals surface area contributed by atoms with Crippen LogP contribution >= 0.6 is 0 Å². The zero-order valence-corrected chi connectivity index (χ0v) is 42.3. The molecule has 2 fully saturated rings. The Morgan fingerprint density at radius 2 is 0.941 bits per heavy atom. The minimum absolute atomic E-state index is 0.253. The first-order chi connectivity index (χ1) is 33.1. The van der Waals surface area contributed by atoms with Crippen LogP contribution in [0.2, 0.25) is 0 Å². The summed E-state index contributed by atoms with van der Waals surface area (Å²) in [6.45, 7) is 2.76. The second kappa shape index (κ2) is 40.8. The van der Waals surface area contributed by atoms with Gasteiger partial charge in [0.05, 0.1) is 32.0 Å². The van der Waals surface area contributed by atoms with Crippen LogP contribution in [0.15, 0.2) is 36.5 Å². The maximum atomic E-state index is 13.2. The van der Waals surface area contributed by atoms with Crippen molar-refractivity contribution < 1.29 is 64.6 Å². The number of aliphatic hydroxyl groups excluding tert-OH is 8. The second-order valence-electron chi connectivity index (χ2n) is 19.3. The molecule has 2 heterocycles. The summed E-state index contributed by atoms with van der Waals surface area (Å²) in [5.74, 6) is -0.253. The van der Waals surface area contributed by atoms with Crippen LogP contribution in [0.5, 0.6) is 0 Å². The molecular weight excluding hydrogens is 871 g/mol. The Morgan fingerprint density at radius 3 is 1.44 bits per heavy atom. The summed E-state index contributed by atoms with van der Waals surface area (Å²) >= 11 is 0. The van der Waals surface area contributed by atoms with E-state index in [4.69, 9.17) is 18.9 Å². The molecule has 0 spiro atoms. The largest absolute Gasteiger partial charge is 0.394 e. The molecule has 398 valence electrons. The standard InChI is InChI=1S/C54H99NO13/c1-3-5-7-9-11-13-15-17-18-19-20-21-22-23-24-26-27-29-31-33-35-37-43(58)42(55-46(59)38-36-34-32-30-28-25-16-14-12-10-8-6-4-2)41-65-53-51(64)49(62)52(45(40-57)67-53)68-54-50(63)48(61)47(60)44(39-56)66-54/h22-23,27,29,35,37,42-45,47-54,56-58,60-64H,3-21,24-26,28,30-34,36,38-41H2,1-2H3,(H,55,59)/b23-22+,29-27+,37-35+. The number of aliphatic hydroxyl groups is 8. The van der Waals surface area contributed by atoms with Gasteiger partial charge in [0.15, 0.2) is 12.6 Å². The molecule has 0 aromatic carbocycles. The zero-order chi connectivity index (χ0) is 49.6. The van der Waals surface area contributed by atoms with E-state index in [9.17, 15) is 45.6 Å². The van der Waals surface area contributed by atoms with Gasteiger partial charge in [-0.25, -0.2) is 0 Å². The average molecular weight is 970 g/mol. The smallest absolute Gasteiger partial charge is 0.220 e. The van der Waals surface area contributed by atoms with E-state index in [2.05, 4.69) is 43.5 Å². The van der Waals surface area contributed by atoms with Crippen LogP contribution in [0.25, 0.3) is 0 Å². The second-order valence-corrected chi connectivity index (χ2v) is 19.3. The van der Waals surface area contributed by atoms with Crippen LogP contribution in [0.4, 0.5) is 0 Å². The van der Waals surface area contributed by atoms with Crippen molar-refractivity contribution in [2.45, 2.75) is 280 Å². The average Bonchev–Trinajstić information content (AvgIpc) is 3.34. The first-order valence-corrected chi connectivity index (χ1v) is 27.2. The number of amides is 1. The molecule has 68 heavy (non-hydrogen) atoms. The van der Waals surface area contributed by atoms with E-state index in [-0.39, 0.29) is 18.9 Å². The predicted molar refractivity (Wildman–Crippen MR) is 268 cm³/mol. The van der Waals surface area contributed by atoms with E-state index < -0.39 is 86.8 Å². The fourth-order valence-corrected chi connectivity index (χ4v) is 8.85. The van der Waals surface area contributed by atoms with E-state index in [0.717, 1.165) is 44.9 Å². The van der Waals surface area contributed by atoms with E-state index in [1.54, 1.807) is 6.08 Å². The highest BCUT2D eigenvalue weighted by Crippen LogP contribution is 2.30. The fourth-order valence-electron chi connectivity index (χ4n) is 8.85. The first-order valence-electron chi connectivity index (χ1n) is 27.2. The van der Waals surface area contributed by atoms with Crippen molar-refractivity contribution in [1.29, 1.82) is 0 Å². The Morgan fingerprint density at radius 1 is 0.515 bits per heavy atom. The number of rotatable bonds is 42. The van der Waals surface area contributed by atoms with Gasteiger partial charge in [-0.3, -0.25) is 4.79 Å². The van der Waals surface area contributed by atoms with Crippen molar-refractivity contribution in [2.24, 2.45) is 0 Å². The first kappa shape index (κ1) is 62.3. The lowest BCUT2D eigenvalue weighted by atomic mass is 9.97. The molecule has 2 aliphatic rings. The lowest BCUT2D eigenvalue weighted by Crippen LogP contribution is -2.65. The van der Waals surface area contributed by atoms with Crippen molar-refractivity contribution in [1.82, 2.24) is 5.32 Å². The van der Waals surface area contributed by atoms with Gasteiger partial charge < -0.3 is 65.1 Å². The molecule has 0 aromatic rings. The molecule has 0 bridgehead atoms. The summed E-state index contributed by atoms with van der Waals surface area (Å²) in [7, 11) is 0. The summed E-state index contributed by atoms with van der Waals surface area (Å²) in [4.78, 5) is 13.2. The lowest BCUT2D eigenvalue weighted by Gasteiger charge is -2.46. The third-order valence-corrected chi connectivity index (χ3v) is 13.3. The van der Waals surface area contributed by atoms with Gasteiger partial charge in [0, 0.05) is 6.42 Å². The number of hydrogen-bond acceptors (Lipinski definition) is 13. The molecule has 12 atom stereocenters. The number of allylic oxidation sites excluding steroid dienone is 5. The molecule has 0 aliphatic carbocycles. The summed E-state index contributed by atoms with van der Waals surface area (Å²) < 4.78 is 22.7. The van der Waals surface area contributed by atoms with Crippen molar-refractivity contribution in [3.8, 4) is 0 Å². The van der Waals surface area contributed by atoms with Gasteiger partial charge in [-0.05, 0) is 44.9 Å². The van der Waals surface area contributed by atoms with Gasteiger partial charge in [-0.15, -0.1) is 0 Å². The molecular formula is C54H99NO13. The molecule has 1 amide bonds. The van der Waals surface area contributed by atoms with Crippen LogP contribution in [0.3, 0.4) is 0 Å². The highest BCUT2D eigenvalue weighted by Gasteiger charge is 2.51. The molecule has 14 heteroatoms. The van der Waals surface area contributed by atoms with E-state index in [1.807, 2.05) is 6.08 Å². The molecule has 2 rings (SSSR count). The van der Waals surface area contributed by atoms with E-state index >= 15 is 0 Å². The molecule has 14 nitrogen and oxygen atoms in total. The normalized spacial score (nSPS) is 26.6. The SMILES string of the molecule is CCCCCCCCCCCCC/C=C/CC/C=C/CC/C=C/C(O)C(COC1OC(CO)C(OC2OC(CO)C(O)C(O)C2O)C(O)C1O)NC(=O)CCCCCCCCCCCCCCC. The number of hydrogen-bond donors (Lipinski definition) is 9. The summed E-state index contributed by atoms with van der Waals surface area (Å²) in [6.07, 6.45) is 30.4. The van der Waals surface area contributed by atoms with Gasteiger partial charge in [-0.2, -0.15) is 0 Å². The fraction of sp³-hybridized carbons (Fsp3) is 0.870. The van der Waals surface area contributed by atoms with Gasteiger partial charge in [0.2, 0.25) is 5.91 Å².